The van der Waals surface area contributed by atoms with Crippen molar-refractivity contribution in [1.82, 2.24) is 10.6 Å². The Morgan fingerprint density at radius 3 is 2.52 bits per heavy atom. The zero-order valence-corrected chi connectivity index (χ0v) is 12.7. The van der Waals surface area contributed by atoms with E-state index in [9.17, 15) is 9.59 Å². The summed E-state index contributed by atoms with van der Waals surface area (Å²) in [5.74, 6) is -0.213. The number of amides is 2. The lowest BCUT2D eigenvalue weighted by molar-refractivity contribution is -0.122. The Balaban J connectivity index is 1.90. The summed E-state index contributed by atoms with van der Waals surface area (Å²) in [5.41, 5.74) is 1.05. The van der Waals surface area contributed by atoms with Crippen LogP contribution >= 0.6 is 11.3 Å². The number of hydrogen-bond acceptors (Lipinski definition) is 3. The lowest BCUT2D eigenvalue weighted by atomic mass is 10.1. The van der Waals surface area contributed by atoms with Crippen LogP contribution < -0.4 is 10.6 Å². The first-order valence-electron chi connectivity index (χ1n) is 6.76. The van der Waals surface area contributed by atoms with Crippen molar-refractivity contribution in [3.05, 3.63) is 58.3 Å². The molecule has 2 rings (SSSR count). The first-order chi connectivity index (χ1) is 10.1. The van der Waals surface area contributed by atoms with Gasteiger partial charge in [0.15, 0.2) is 0 Å². The molecule has 1 atom stereocenters. The minimum Gasteiger partial charge on any atom is -0.352 e. The van der Waals surface area contributed by atoms with Crippen LogP contribution in [0.1, 0.15) is 29.8 Å². The highest BCUT2D eigenvalue weighted by Crippen LogP contribution is 2.21. The number of thiophene rings is 1. The first kappa shape index (κ1) is 15.3. The maximum atomic E-state index is 12.0. The summed E-state index contributed by atoms with van der Waals surface area (Å²) in [6.07, 6.45) is 0.243. The molecular weight excluding hydrogens is 284 g/mol. The molecular formula is C16H18N2O2S. The Labute approximate surface area is 128 Å². The number of carbonyl (C=O) groups is 2. The largest absolute Gasteiger partial charge is 0.352 e. The number of nitrogens with one attached hydrogen (secondary N) is 2. The minimum absolute atomic E-state index is 0.0778. The monoisotopic (exact) mass is 302 g/mol. The minimum atomic E-state index is -0.265. The van der Waals surface area contributed by atoms with Gasteiger partial charge in [0.25, 0.3) is 0 Å². The molecule has 0 aliphatic heterocycles. The van der Waals surface area contributed by atoms with Crippen LogP contribution in [0.4, 0.5) is 0 Å². The fourth-order valence-electron chi connectivity index (χ4n) is 2.01. The number of rotatable bonds is 6. The zero-order valence-electron chi connectivity index (χ0n) is 11.8. The van der Waals surface area contributed by atoms with Gasteiger partial charge >= 0.3 is 0 Å². The highest BCUT2D eigenvalue weighted by molar-refractivity contribution is 7.10. The van der Waals surface area contributed by atoms with E-state index in [2.05, 4.69) is 10.6 Å². The van der Waals surface area contributed by atoms with Crippen molar-refractivity contribution in [2.24, 2.45) is 0 Å². The molecule has 110 valence electrons. The Kier molecular flexibility index (Phi) is 5.51. The molecule has 0 spiro atoms. The predicted octanol–water partition coefficient (Wildman–Crippen LogP) is 2.63. The van der Waals surface area contributed by atoms with Gasteiger partial charge in [-0.2, -0.15) is 0 Å². The average Bonchev–Trinajstić information content (AvgIpc) is 2.99. The summed E-state index contributed by atoms with van der Waals surface area (Å²) in [7, 11) is 0. The zero-order chi connectivity index (χ0) is 15.1. The Bertz CT molecular complexity index is 582. The molecule has 5 heteroatoms. The van der Waals surface area contributed by atoms with Gasteiger partial charge in [-0.15, -0.1) is 11.3 Å². The van der Waals surface area contributed by atoms with E-state index >= 15 is 0 Å². The lowest BCUT2D eigenvalue weighted by Crippen LogP contribution is -2.32. The van der Waals surface area contributed by atoms with Crippen LogP contribution in [0.2, 0.25) is 0 Å². The SMILES string of the molecule is CC(=O)N[C@@H](CC(=O)NCc1ccccc1)c1cccs1. The summed E-state index contributed by atoms with van der Waals surface area (Å²) >= 11 is 1.53. The second kappa shape index (κ2) is 7.59. The molecule has 1 aromatic carbocycles. The summed E-state index contributed by atoms with van der Waals surface area (Å²) < 4.78 is 0. The standard InChI is InChI=1S/C16H18N2O2S/c1-12(19)18-14(15-8-5-9-21-15)10-16(20)17-11-13-6-3-2-4-7-13/h2-9,14H,10-11H2,1H3,(H,17,20)(H,18,19)/t14-/m0/s1. The van der Waals surface area contributed by atoms with Gasteiger partial charge in [0.1, 0.15) is 0 Å². The molecule has 1 aromatic heterocycles. The Morgan fingerprint density at radius 2 is 1.90 bits per heavy atom. The fraction of sp³-hybridized carbons (Fsp3) is 0.250. The van der Waals surface area contributed by atoms with Crippen LogP contribution in [-0.4, -0.2) is 11.8 Å². The molecule has 2 aromatic rings. The second-order valence-corrected chi connectivity index (χ2v) is 5.71. The number of hydrogen-bond donors (Lipinski definition) is 2. The summed E-state index contributed by atoms with van der Waals surface area (Å²) in [4.78, 5) is 24.3. The number of carbonyl (C=O) groups excluding carboxylic acids is 2. The van der Waals surface area contributed by atoms with Gasteiger partial charge in [0.2, 0.25) is 11.8 Å². The van der Waals surface area contributed by atoms with Gasteiger partial charge in [0.05, 0.1) is 12.5 Å². The molecule has 1 heterocycles. The predicted molar refractivity (Wildman–Crippen MR) is 83.8 cm³/mol. The molecule has 2 N–H and O–H groups in total. The van der Waals surface area contributed by atoms with Crippen molar-refractivity contribution >= 4 is 23.2 Å². The van der Waals surface area contributed by atoms with Crippen molar-refractivity contribution in [3.63, 3.8) is 0 Å². The fourth-order valence-corrected chi connectivity index (χ4v) is 2.79. The van der Waals surface area contributed by atoms with E-state index in [1.165, 1.54) is 18.3 Å². The third-order valence-electron chi connectivity index (χ3n) is 2.99. The van der Waals surface area contributed by atoms with E-state index in [1.54, 1.807) is 0 Å². The van der Waals surface area contributed by atoms with Gasteiger partial charge in [-0.25, -0.2) is 0 Å². The number of benzene rings is 1. The maximum absolute atomic E-state index is 12.0. The molecule has 2 amide bonds. The molecule has 0 fully saturated rings. The van der Waals surface area contributed by atoms with Crippen molar-refractivity contribution in [2.75, 3.05) is 0 Å². The highest BCUT2D eigenvalue weighted by Gasteiger charge is 2.17. The van der Waals surface area contributed by atoms with E-state index in [0.717, 1.165) is 10.4 Å². The molecule has 0 radical (unpaired) electrons. The van der Waals surface area contributed by atoms with Crippen LogP contribution in [0.15, 0.2) is 47.8 Å². The Morgan fingerprint density at radius 1 is 1.14 bits per heavy atom. The summed E-state index contributed by atoms with van der Waals surface area (Å²) in [5, 5.41) is 7.64. The maximum Gasteiger partial charge on any atom is 0.222 e. The van der Waals surface area contributed by atoms with E-state index in [1.807, 2.05) is 47.8 Å². The normalized spacial score (nSPS) is 11.7. The van der Waals surface area contributed by atoms with Gasteiger partial charge in [-0.05, 0) is 17.0 Å². The van der Waals surface area contributed by atoms with Crippen molar-refractivity contribution in [2.45, 2.75) is 25.9 Å². The van der Waals surface area contributed by atoms with Crippen molar-refractivity contribution in [3.8, 4) is 0 Å². The molecule has 0 bridgehead atoms. The van der Waals surface area contributed by atoms with Crippen LogP contribution in [-0.2, 0) is 16.1 Å². The van der Waals surface area contributed by atoms with Crippen molar-refractivity contribution < 1.29 is 9.59 Å². The van der Waals surface area contributed by atoms with Gasteiger partial charge in [0, 0.05) is 18.3 Å². The van der Waals surface area contributed by atoms with Crippen LogP contribution in [0.3, 0.4) is 0 Å². The third-order valence-corrected chi connectivity index (χ3v) is 3.97. The third kappa shape index (κ3) is 5.04. The molecule has 0 saturated heterocycles. The first-order valence-corrected chi connectivity index (χ1v) is 7.64. The summed E-state index contributed by atoms with van der Waals surface area (Å²) in [6, 6.07) is 13.3. The van der Waals surface area contributed by atoms with E-state index < -0.39 is 0 Å². The van der Waals surface area contributed by atoms with Crippen LogP contribution in [0.5, 0.6) is 0 Å². The molecule has 0 aliphatic carbocycles. The Hall–Kier alpha value is -2.14. The molecule has 4 nitrogen and oxygen atoms in total. The summed E-state index contributed by atoms with van der Waals surface area (Å²) in [6.45, 7) is 1.96. The van der Waals surface area contributed by atoms with Gasteiger partial charge in [-0.1, -0.05) is 36.4 Å². The second-order valence-electron chi connectivity index (χ2n) is 4.73. The lowest BCUT2D eigenvalue weighted by Gasteiger charge is -2.16. The van der Waals surface area contributed by atoms with E-state index in [4.69, 9.17) is 0 Å². The topological polar surface area (TPSA) is 58.2 Å². The molecule has 0 aliphatic rings. The van der Waals surface area contributed by atoms with E-state index in [-0.39, 0.29) is 24.3 Å². The van der Waals surface area contributed by atoms with Gasteiger partial charge < -0.3 is 10.6 Å². The molecule has 0 unspecified atom stereocenters. The molecule has 21 heavy (non-hydrogen) atoms. The quantitative estimate of drug-likeness (QED) is 0.862. The van der Waals surface area contributed by atoms with Crippen LogP contribution in [0.25, 0.3) is 0 Å². The van der Waals surface area contributed by atoms with E-state index in [0.29, 0.717) is 6.54 Å². The van der Waals surface area contributed by atoms with Crippen LogP contribution in [0, 0.1) is 0 Å². The highest BCUT2D eigenvalue weighted by atomic mass is 32.1. The van der Waals surface area contributed by atoms with Crippen molar-refractivity contribution in [1.29, 1.82) is 0 Å². The smallest absolute Gasteiger partial charge is 0.222 e. The molecule has 0 saturated carbocycles. The average molecular weight is 302 g/mol. The van der Waals surface area contributed by atoms with Gasteiger partial charge in [-0.3, -0.25) is 9.59 Å².